The second-order valence-corrected chi connectivity index (χ2v) is 5.30. The molecule has 1 aromatic carbocycles. The van der Waals surface area contributed by atoms with Crippen LogP contribution in [-0.4, -0.2) is 20.8 Å². The standard InChI is InChI=1S/C14H19ClN4/c1-9(2)16-8-12-13(15)6-5-7-14(12)19-11(4)17-10(3)18-19/h5-7,9,16H,8H2,1-4H3. The maximum absolute atomic E-state index is 6.32. The topological polar surface area (TPSA) is 42.7 Å². The molecule has 19 heavy (non-hydrogen) atoms. The van der Waals surface area contributed by atoms with Gasteiger partial charge in [0, 0.05) is 23.2 Å². The highest BCUT2D eigenvalue weighted by Crippen LogP contribution is 2.23. The first-order chi connectivity index (χ1) is 8.99. The van der Waals surface area contributed by atoms with Crippen molar-refractivity contribution in [2.75, 3.05) is 0 Å². The number of hydrogen-bond acceptors (Lipinski definition) is 3. The van der Waals surface area contributed by atoms with E-state index in [1.54, 1.807) is 0 Å². The van der Waals surface area contributed by atoms with Crippen LogP contribution in [0.3, 0.4) is 0 Å². The summed E-state index contributed by atoms with van der Waals surface area (Å²) in [5.74, 6) is 1.63. The first-order valence-corrected chi connectivity index (χ1v) is 6.78. The Labute approximate surface area is 118 Å². The predicted octanol–water partition coefficient (Wildman–Crippen LogP) is 3.04. The highest BCUT2D eigenvalue weighted by atomic mass is 35.5. The van der Waals surface area contributed by atoms with Crippen molar-refractivity contribution in [3.05, 3.63) is 40.4 Å². The molecule has 102 valence electrons. The van der Waals surface area contributed by atoms with Gasteiger partial charge in [0.15, 0.2) is 0 Å². The van der Waals surface area contributed by atoms with Crippen LogP contribution in [-0.2, 0) is 6.54 Å². The molecule has 2 rings (SSSR count). The quantitative estimate of drug-likeness (QED) is 0.935. The summed E-state index contributed by atoms with van der Waals surface area (Å²) in [7, 11) is 0. The Morgan fingerprint density at radius 2 is 2.05 bits per heavy atom. The van der Waals surface area contributed by atoms with E-state index in [1.165, 1.54) is 0 Å². The van der Waals surface area contributed by atoms with Crippen molar-refractivity contribution < 1.29 is 0 Å². The van der Waals surface area contributed by atoms with Crippen LogP contribution in [0.25, 0.3) is 5.69 Å². The maximum atomic E-state index is 6.32. The highest BCUT2D eigenvalue weighted by molar-refractivity contribution is 6.31. The molecule has 0 bridgehead atoms. The number of benzene rings is 1. The van der Waals surface area contributed by atoms with Crippen molar-refractivity contribution in [2.24, 2.45) is 0 Å². The molecular formula is C14H19ClN4. The Morgan fingerprint density at radius 1 is 1.32 bits per heavy atom. The van der Waals surface area contributed by atoms with Crippen LogP contribution >= 0.6 is 11.6 Å². The molecule has 0 atom stereocenters. The van der Waals surface area contributed by atoms with Crippen LogP contribution in [0.15, 0.2) is 18.2 Å². The minimum atomic E-state index is 0.405. The van der Waals surface area contributed by atoms with Gasteiger partial charge < -0.3 is 5.32 Å². The van der Waals surface area contributed by atoms with Crippen molar-refractivity contribution in [2.45, 2.75) is 40.3 Å². The lowest BCUT2D eigenvalue weighted by atomic mass is 10.1. The minimum Gasteiger partial charge on any atom is -0.310 e. The summed E-state index contributed by atoms with van der Waals surface area (Å²) in [6.45, 7) is 8.77. The molecule has 0 fully saturated rings. The molecular weight excluding hydrogens is 260 g/mol. The molecule has 0 aliphatic heterocycles. The lowest BCUT2D eigenvalue weighted by Crippen LogP contribution is -2.23. The first kappa shape index (κ1) is 14.0. The smallest absolute Gasteiger partial charge is 0.148 e. The van der Waals surface area contributed by atoms with Crippen molar-refractivity contribution in [3.8, 4) is 5.69 Å². The Hall–Kier alpha value is -1.39. The van der Waals surface area contributed by atoms with E-state index in [1.807, 2.05) is 36.7 Å². The summed E-state index contributed by atoms with van der Waals surface area (Å²) in [5, 5.41) is 8.57. The van der Waals surface area contributed by atoms with Gasteiger partial charge in [-0.05, 0) is 26.0 Å². The van der Waals surface area contributed by atoms with E-state index >= 15 is 0 Å². The van der Waals surface area contributed by atoms with Gasteiger partial charge in [0.25, 0.3) is 0 Å². The van der Waals surface area contributed by atoms with Crippen molar-refractivity contribution in [1.29, 1.82) is 0 Å². The number of halogens is 1. The average molecular weight is 279 g/mol. The summed E-state index contributed by atoms with van der Waals surface area (Å²) in [4.78, 5) is 4.34. The Bertz CT molecular complexity index is 575. The third kappa shape index (κ3) is 3.14. The number of aryl methyl sites for hydroxylation is 2. The van der Waals surface area contributed by atoms with Gasteiger partial charge in [-0.2, -0.15) is 5.10 Å². The molecule has 0 aliphatic rings. The van der Waals surface area contributed by atoms with E-state index in [0.29, 0.717) is 12.6 Å². The highest BCUT2D eigenvalue weighted by Gasteiger charge is 2.12. The van der Waals surface area contributed by atoms with E-state index in [0.717, 1.165) is 27.9 Å². The lowest BCUT2D eigenvalue weighted by molar-refractivity contribution is 0.586. The SMILES string of the molecule is Cc1nc(C)n(-c2cccc(Cl)c2CNC(C)C)n1. The number of nitrogens with zero attached hydrogens (tertiary/aromatic N) is 3. The van der Waals surface area contributed by atoms with Crippen LogP contribution in [0.1, 0.15) is 31.1 Å². The maximum Gasteiger partial charge on any atom is 0.148 e. The summed E-state index contributed by atoms with van der Waals surface area (Å²) in [6, 6.07) is 6.27. The zero-order valence-corrected chi connectivity index (χ0v) is 12.5. The first-order valence-electron chi connectivity index (χ1n) is 6.40. The van der Waals surface area contributed by atoms with Gasteiger partial charge in [-0.25, -0.2) is 9.67 Å². The molecule has 5 heteroatoms. The Kier molecular flexibility index (Phi) is 4.22. The van der Waals surface area contributed by atoms with E-state index < -0.39 is 0 Å². The van der Waals surface area contributed by atoms with Gasteiger partial charge in [-0.1, -0.05) is 31.5 Å². The molecule has 0 unspecified atom stereocenters. The minimum absolute atomic E-state index is 0.405. The summed E-state index contributed by atoms with van der Waals surface area (Å²) in [6.07, 6.45) is 0. The third-order valence-electron chi connectivity index (χ3n) is 2.88. The largest absolute Gasteiger partial charge is 0.310 e. The van der Waals surface area contributed by atoms with Crippen LogP contribution < -0.4 is 5.32 Å². The van der Waals surface area contributed by atoms with Crippen LogP contribution in [0.2, 0.25) is 5.02 Å². The van der Waals surface area contributed by atoms with Crippen LogP contribution in [0.5, 0.6) is 0 Å². The normalized spacial score (nSPS) is 11.3. The lowest BCUT2D eigenvalue weighted by Gasteiger charge is -2.14. The molecule has 1 heterocycles. The van der Waals surface area contributed by atoms with E-state index in [4.69, 9.17) is 11.6 Å². The van der Waals surface area contributed by atoms with Gasteiger partial charge in [0.2, 0.25) is 0 Å². The van der Waals surface area contributed by atoms with Gasteiger partial charge in [0.05, 0.1) is 5.69 Å². The second-order valence-electron chi connectivity index (χ2n) is 4.89. The fourth-order valence-corrected chi connectivity index (χ4v) is 2.21. The average Bonchev–Trinajstić information content (AvgIpc) is 2.66. The molecule has 1 N–H and O–H groups in total. The number of nitrogens with one attached hydrogen (secondary N) is 1. The fraction of sp³-hybridized carbons (Fsp3) is 0.429. The summed E-state index contributed by atoms with van der Waals surface area (Å²) < 4.78 is 1.85. The van der Waals surface area contributed by atoms with E-state index in [9.17, 15) is 0 Å². The van der Waals surface area contributed by atoms with Gasteiger partial charge in [-0.15, -0.1) is 0 Å². The molecule has 1 aromatic heterocycles. The number of rotatable bonds is 4. The zero-order chi connectivity index (χ0) is 14.0. The van der Waals surface area contributed by atoms with Crippen molar-refractivity contribution in [3.63, 3.8) is 0 Å². The molecule has 0 amide bonds. The molecule has 2 aromatic rings. The van der Waals surface area contributed by atoms with Crippen LogP contribution in [0.4, 0.5) is 0 Å². The fourth-order valence-electron chi connectivity index (χ4n) is 1.98. The summed E-state index contributed by atoms with van der Waals surface area (Å²) in [5.41, 5.74) is 2.03. The van der Waals surface area contributed by atoms with Gasteiger partial charge in [0.1, 0.15) is 11.6 Å². The number of aromatic nitrogens is 3. The molecule has 0 radical (unpaired) electrons. The molecule has 4 nitrogen and oxygen atoms in total. The second kappa shape index (κ2) is 5.72. The number of hydrogen-bond donors (Lipinski definition) is 1. The Morgan fingerprint density at radius 3 is 2.63 bits per heavy atom. The van der Waals surface area contributed by atoms with Crippen molar-refractivity contribution >= 4 is 11.6 Å². The van der Waals surface area contributed by atoms with E-state index in [2.05, 4.69) is 29.2 Å². The van der Waals surface area contributed by atoms with Crippen LogP contribution in [0, 0.1) is 13.8 Å². The van der Waals surface area contributed by atoms with Crippen molar-refractivity contribution in [1.82, 2.24) is 20.1 Å². The molecule has 0 saturated heterocycles. The van der Waals surface area contributed by atoms with E-state index in [-0.39, 0.29) is 0 Å². The Balaban J connectivity index is 2.45. The van der Waals surface area contributed by atoms with Gasteiger partial charge >= 0.3 is 0 Å². The molecule has 0 saturated carbocycles. The zero-order valence-electron chi connectivity index (χ0n) is 11.7. The predicted molar refractivity (Wildman–Crippen MR) is 77.8 cm³/mol. The van der Waals surface area contributed by atoms with Gasteiger partial charge in [-0.3, -0.25) is 0 Å². The third-order valence-corrected chi connectivity index (χ3v) is 3.24. The summed E-state index contributed by atoms with van der Waals surface area (Å²) >= 11 is 6.32. The molecule has 0 aliphatic carbocycles. The molecule has 0 spiro atoms. The monoisotopic (exact) mass is 278 g/mol.